The van der Waals surface area contributed by atoms with Gasteiger partial charge >= 0.3 is 5.97 Å². The van der Waals surface area contributed by atoms with Gasteiger partial charge in [0.2, 0.25) is 11.7 Å². The molecule has 2 aromatic rings. The molecule has 1 unspecified atom stereocenters. The van der Waals surface area contributed by atoms with Crippen molar-refractivity contribution in [1.29, 1.82) is 0 Å². The zero-order valence-corrected chi connectivity index (χ0v) is 11.9. The van der Waals surface area contributed by atoms with E-state index in [1.807, 2.05) is 0 Å². The monoisotopic (exact) mass is 293 g/mol. The topological polar surface area (TPSA) is 78.1 Å². The van der Waals surface area contributed by atoms with Crippen LogP contribution in [0.3, 0.4) is 0 Å². The van der Waals surface area contributed by atoms with E-state index in [-0.39, 0.29) is 11.9 Å². The lowest BCUT2D eigenvalue weighted by molar-refractivity contribution is -0.144. The maximum absolute atomic E-state index is 12.0. The van der Waals surface area contributed by atoms with E-state index in [9.17, 15) is 4.79 Å². The van der Waals surface area contributed by atoms with Gasteiger partial charge in [-0.2, -0.15) is 4.98 Å². The Labute approximate surface area is 120 Å². The molecule has 0 radical (unpaired) electrons. The first-order valence-corrected chi connectivity index (χ1v) is 7.48. The Kier molecular flexibility index (Phi) is 3.77. The van der Waals surface area contributed by atoms with Crippen molar-refractivity contribution in [3.63, 3.8) is 0 Å². The predicted octanol–water partition coefficient (Wildman–Crippen LogP) is 2.64. The van der Waals surface area contributed by atoms with Crippen molar-refractivity contribution < 1.29 is 14.1 Å². The van der Waals surface area contributed by atoms with E-state index in [1.165, 1.54) is 18.4 Å². The number of ether oxygens (including phenoxy) is 1. The Morgan fingerprint density at radius 1 is 1.50 bits per heavy atom. The molecule has 106 valence electrons. The van der Waals surface area contributed by atoms with Crippen LogP contribution in [-0.4, -0.2) is 28.2 Å². The molecule has 20 heavy (non-hydrogen) atoms. The van der Waals surface area contributed by atoms with Crippen LogP contribution in [0.15, 0.2) is 16.2 Å². The summed E-state index contributed by atoms with van der Waals surface area (Å²) in [5.74, 6) is 0.326. The van der Waals surface area contributed by atoms with Gasteiger partial charge in [0.15, 0.2) is 0 Å². The van der Waals surface area contributed by atoms with Crippen LogP contribution in [0.1, 0.15) is 37.5 Å². The smallest absolute Gasteiger partial charge is 0.318 e. The summed E-state index contributed by atoms with van der Waals surface area (Å²) in [7, 11) is 1.39. The van der Waals surface area contributed by atoms with E-state index in [0.717, 1.165) is 30.6 Å². The molecule has 2 aromatic heterocycles. The lowest BCUT2D eigenvalue weighted by Crippen LogP contribution is -2.21. The van der Waals surface area contributed by atoms with Crippen LogP contribution >= 0.6 is 11.3 Å². The average molecular weight is 293 g/mol. The Morgan fingerprint density at radius 2 is 2.30 bits per heavy atom. The van der Waals surface area contributed by atoms with Crippen LogP contribution in [0.5, 0.6) is 0 Å². The summed E-state index contributed by atoms with van der Waals surface area (Å²) in [6.07, 6.45) is 5.94. The molecule has 1 fully saturated rings. The van der Waals surface area contributed by atoms with E-state index in [4.69, 9.17) is 9.26 Å². The van der Waals surface area contributed by atoms with E-state index in [1.54, 1.807) is 11.7 Å². The highest BCUT2D eigenvalue weighted by Crippen LogP contribution is 2.38. The van der Waals surface area contributed by atoms with E-state index in [2.05, 4.69) is 15.1 Å². The molecule has 6 nitrogen and oxygen atoms in total. The molecule has 0 aliphatic heterocycles. The van der Waals surface area contributed by atoms with Gasteiger partial charge in [-0.25, -0.2) is 0 Å². The van der Waals surface area contributed by atoms with Crippen molar-refractivity contribution in [1.82, 2.24) is 15.1 Å². The molecule has 0 spiro atoms. The number of carbonyl (C=O) groups is 1. The number of nitrogens with zero attached hydrogens (tertiary/aromatic N) is 3. The van der Waals surface area contributed by atoms with Gasteiger partial charge in [-0.05, 0) is 18.8 Å². The maximum Gasteiger partial charge on any atom is 0.318 e. The molecule has 0 amide bonds. The number of thiazole rings is 1. The van der Waals surface area contributed by atoms with Crippen LogP contribution in [0.25, 0.3) is 10.7 Å². The van der Waals surface area contributed by atoms with Crippen molar-refractivity contribution in [2.24, 2.45) is 5.92 Å². The van der Waals surface area contributed by atoms with Crippen molar-refractivity contribution in [2.75, 3.05) is 7.11 Å². The molecular formula is C13H15N3O3S. The van der Waals surface area contributed by atoms with E-state index >= 15 is 0 Å². The lowest BCUT2D eigenvalue weighted by Gasteiger charge is -2.16. The highest BCUT2D eigenvalue weighted by molar-refractivity contribution is 7.13. The Bertz CT molecular complexity index is 575. The molecular weight excluding hydrogens is 278 g/mol. The number of esters is 1. The third kappa shape index (κ3) is 2.45. The van der Waals surface area contributed by atoms with Gasteiger partial charge in [0, 0.05) is 6.20 Å². The Morgan fingerprint density at radius 3 is 2.95 bits per heavy atom. The minimum absolute atomic E-state index is 0.234. The zero-order chi connectivity index (χ0) is 13.9. The lowest BCUT2D eigenvalue weighted by atomic mass is 9.91. The Hall–Kier alpha value is -1.76. The minimum atomic E-state index is -0.448. The summed E-state index contributed by atoms with van der Waals surface area (Å²) in [5, 5.41) is 3.94. The molecule has 1 atom stereocenters. The third-order valence-corrected chi connectivity index (χ3v) is 4.46. The molecule has 0 saturated heterocycles. The highest BCUT2D eigenvalue weighted by atomic mass is 32.1. The minimum Gasteiger partial charge on any atom is -0.468 e. The molecule has 3 rings (SSSR count). The van der Waals surface area contributed by atoms with Crippen molar-refractivity contribution in [2.45, 2.75) is 31.6 Å². The summed E-state index contributed by atoms with van der Waals surface area (Å²) < 4.78 is 10.2. The molecule has 1 aliphatic rings. The first-order chi connectivity index (χ1) is 9.79. The molecule has 2 heterocycles. The zero-order valence-electron chi connectivity index (χ0n) is 11.1. The summed E-state index contributed by atoms with van der Waals surface area (Å²) in [4.78, 5) is 21.2. The van der Waals surface area contributed by atoms with Crippen molar-refractivity contribution in [3.8, 4) is 10.7 Å². The van der Waals surface area contributed by atoms with Gasteiger partial charge in [0.1, 0.15) is 5.92 Å². The van der Waals surface area contributed by atoms with Crippen molar-refractivity contribution in [3.05, 3.63) is 17.6 Å². The van der Waals surface area contributed by atoms with Crippen LogP contribution < -0.4 is 0 Å². The fraction of sp³-hybridized carbons (Fsp3) is 0.538. The highest BCUT2D eigenvalue weighted by Gasteiger charge is 2.37. The van der Waals surface area contributed by atoms with Crippen molar-refractivity contribution >= 4 is 17.3 Å². The fourth-order valence-corrected chi connectivity index (χ4v) is 3.25. The van der Waals surface area contributed by atoms with Crippen LogP contribution in [0, 0.1) is 5.92 Å². The predicted molar refractivity (Wildman–Crippen MR) is 72.1 cm³/mol. The number of carbonyl (C=O) groups excluding carboxylic acids is 1. The van der Waals surface area contributed by atoms with Crippen LogP contribution in [0.4, 0.5) is 0 Å². The molecule has 0 N–H and O–H groups in total. The van der Waals surface area contributed by atoms with Gasteiger partial charge in [-0.3, -0.25) is 9.78 Å². The van der Waals surface area contributed by atoms with Crippen LogP contribution in [0.2, 0.25) is 0 Å². The van der Waals surface area contributed by atoms with E-state index in [0.29, 0.717) is 11.7 Å². The largest absolute Gasteiger partial charge is 0.468 e. The standard InChI is InChI=1S/C13H15N3O3S/c1-18-13(17)10(8-4-2-3-5-8)12-15-11(16-19-12)9-6-14-7-20-9/h6-8,10H,2-5H2,1H3. The summed E-state index contributed by atoms with van der Waals surface area (Å²) in [6.45, 7) is 0. The molecule has 7 heteroatoms. The third-order valence-electron chi connectivity index (χ3n) is 3.69. The molecule has 1 aliphatic carbocycles. The summed E-state index contributed by atoms with van der Waals surface area (Å²) >= 11 is 1.44. The van der Waals surface area contributed by atoms with E-state index < -0.39 is 5.92 Å². The van der Waals surface area contributed by atoms with Gasteiger partial charge in [-0.1, -0.05) is 18.0 Å². The first kappa shape index (κ1) is 13.2. The number of methoxy groups -OCH3 is 1. The maximum atomic E-state index is 12.0. The van der Waals surface area contributed by atoms with Gasteiger partial charge in [0.25, 0.3) is 0 Å². The van der Waals surface area contributed by atoms with Crippen LogP contribution in [-0.2, 0) is 9.53 Å². The Balaban J connectivity index is 1.89. The first-order valence-electron chi connectivity index (χ1n) is 6.60. The second kappa shape index (κ2) is 5.70. The van der Waals surface area contributed by atoms with Gasteiger partial charge < -0.3 is 9.26 Å². The number of hydrogen-bond acceptors (Lipinski definition) is 7. The normalized spacial score (nSPS) is 17.2. The van der Waals surface area contributed by atoms with Gasteiger partial charge in [0.05, 0.1) is 17.5 Å². The molecule has 0 bridgehead atoms. The number of hydrogen-bond donors (Lipinski definition) is 0. The molecule has 1 saturated carbocycles. The quantitative estimate of drug-likeness (QED) is 0.806. The second-order valence-electron chi connectivity index (χ2n) is 4.87. The molecule has 0 aromatic carbocycles. The second-order valence-corrected chi connectivity index (χ2v) is 5.75. The summed E-state index contributed by atoms with van der Waals surface area (Å²) in [6, 6.07) is 0. The summed E-state index contributed by atoms with van der Waals surface area (Å²) in [5.41, 5.74) is 1.71. The number of rotatable bonds is 4. The number of aromatic nitrogens is 3. The van der Waals surface area contributed by atoms with Gasteiger partial charge in [-0.15, -0.1) is 11.3 Å². The average Bonchev–Trinajstić information content (AvgIpc) is 3.20. The fourth-order valence-electron chi connectivity index (χ4n) is 2.70. The SMILES string of the molecule is COC(=O)C(c1nc(-c2cncs2)no1)C1CCCC1.